The summed E-state index contributed by atoms with van der Waals surface area (Å²) < 4.78 is 39.3. The van der Waals surface area contributed by atoms with Crippen molar-refractivity contribution in [1.29, 1.82) is 0 Å². The number of pyridine rings is 2. The molecule has 0 saturated heterocycles. The lowest BCUT2D eigenvalue weighted by molar-refractivity contribution is -0.137. The molecule has 3 heterocycles. The molecule has 0 saturated carbocycles. The fourth-order valence-electron chi connectivity index (χ4n) is 3.09. The number of alkyl halides is 3. The number of nitrogens with one attached hydrogen (secondary N) is 2. The third-order valence-corrected chi connectivity index (χ3v) is 6.57. The van der Waals surface area contributed by atoms with Gasteiger partial charge in [0.05, 0.1) is 28.5 Å². The molecule has 8 nitrogen and oxygen atoms in total. The minimum atomic E-state index is -4.70. The van der Waals surface area contributed by atoms with Crippen LogP contribution < -0.4 is 10.6 Å². The summed E-state index contributed by atoms with van der Waals surface area (Å²) in [6.45, 7) is 5.33. The van der Waals surface area contributed by atoms with Crippen LogP contribution in [0.25, 0.3) is 0 Å². The molecule has 2 amide bonds. The molecule has 3 aromatic rings. The molecule has 3 rings (SSSR count). The number of allylic oxidation sites excluding steroid dienone is 2. The molecule has 0 bridgehead atoms. The van der Waals surface area contributed by atoms with Crippen molar-refractivity contribution >= 4 is 46.3 Å². The van der Waals surface area contributed by atoms with Gasteiger partial charge in [0.2, 0.25) is 5.91 Å². The van der Waals surface area contributed by atoms with Crippen LogP contribution in [0.4, 0.5) is 19.0 Å². The van der Waals surface area contributed by atoms with Gasteiger partial charge in [-0.15, -0.1) is 11.3 Å². The lowest BCUT2D eigenvalue weighted by Crippen LogP contribution is -2.27. The first kappa shape index (κ1) is 29.7. The predicted molar refractivity (Wildman–Crippen MR) is 145 cm³/mol. The van der Waals surface area contributed by atoms with E-state index in [0.29, 0.717) is 22.4 Å². The van der Waals surface area contributed by atoms with Crippen LogP contribution in [0, 0.1) is 0 Å². The molecule has 0 aliphatic heterocycles. The van der Waals surface area contributed by atoms with Gasteiger partial charge in [0, 0.05) is 35.9 Å². The van der Waals surface area contributed by atoms with Gasteiger partial charge in [-0.2, -0.15) is 13.2 Å². The molecule has 39 heavy (non-hydrogen) atoms. The van der Waals surface area contributed by atoms with Gasteiger partial charge in [0.15, 0.2) is 0 Å². The van der Waals surface area contributed by atoms with Crippen molar-refractivity contribution in [3.63, 3.8) is 0 Å². The highest BCUT2D eigenvalue weighted by Gasteiger charge is 2.34. The molecule has 0 aliphatic carbocycles. The van der Waals surface area contributed by atoms with Crippen LogP contribution in [0.5, 0.6) is 0 Å². The average molecular weight is 577 g/mol. The number of halogens is 4. The van der Waals surface area contributed by atoms with E-state index in [1.807, 2.05) is 19.1 Å². The van der Waals surface area contributed by atoms with Crippen LogP contribution >= 0.6 is 22.9 Å². The second-order valence-electron chi connectivity index (χ2n) is 8.14. The van der Waals surface area contributed by atoms with Crippen LogP contribution in [0.1, 0.15) is 59.0 Å². The molecule has 0 fully saturated rings. The number of nitrogens with zero attached hydrogens (tertiary/aromatic N) is 4. The van der Waals surface area contributed by atoms with E-state index in [1.54, 1.807) is 44.6 Å². The molecule has 0 aromatic carbocycles. The molecular weight excluding hydrogens is 553 g/mol. The molecule has 3 aromatic heterocycles. The normalized spacial score (nSPS) is 13.4. The Kier molecular flexibility index (Phi) is 10.1. The van der Waals surface area contributed by atoms with Gasteiger partial charge in [-0.1, -0.05) is 24.6 Å². The fourth-order valence-corrected chi connectivity index (χ4v) is 4.11. The second-order valence-corrected chi connectivity index (χ2v) is 9.61. The SMILES string of the molecule is CC/C=C/N=C(\C=C(/C)C(=O)NC(C)c1ncc(C(=O)Nc2cc(C(F)(F)F)c(Cl)cn2)s1)c1cccnc1. The van der Waals surface area contributed by atoms with E-state index < -0.39 is 28.7 Å². The quantitative estimate of drug-likeness (QED) is 0.226. The zero-order chi connectivity index (χ0) is 28.6. The summed E-state index contributed by atoms with van der Waals surface area (Å²) in [4.78, 5) is 42.0. The highest BCUT2D eigenvalue weighted by Crippen LogP contribution is 2.35. The van der Waals surface area contributed by atoms with Crippen LogP contribution in [-0.2, 0) is 11.0 Å². The van der Waals surface area contributed by atoms with E-state index in [1.165, 1.54) is 6.20 Å². The first-order chi connectivity index (χ1) is 18.5. The monoisotopic (exact) mass is 576 g/mol. The van der Waals surface area contributed by atoms with E-state index in [0.717, 1.165) is 29.5 Å². The maximum absolute atomic E-state index is 13.1. The zero-order valence-electron chi connectivity index (χ0n) is 21.1. The number of amides is 2. The van der Waals surface area contributed by atoms with Crippen molar-refractivity contribution in [2.75, 3.05) is 5.32 Å². The highest BCUT2D eigenvalue weighted by molar-refractivity contribution is 7.13. The van der Waals surface area contributed by atoms with Gasteiger partial charge < -0.3 is 10.6 Å². The van der Waals surface area contributed by atoms with Crippen molar-refractivity contribution in [3.05, 3.63) is 92.9 Å². The lowest BCUT2D eigenvalue weighted by Gasteiger charge is -2.12. The van der Waals surface area contributed by atoms with Gasteiger partial charge in [0.25, 0.3) is 5.91 Å². The molecule has 13 heteroatoms. The van der Waals surface area contributed by atoms with Gasteiger partial charge in [-0.3, -0.25) is 19.6 Å². The number of aromatic nitrogens is 3. The Morgan fingerprint density at radius 1 is 1.23 bits per heavy atom. The van der Waals surface area contributed by atoms with E-state index in [2.05, 4.69) is 30.6 Å². The van der Waals surface area contributed by atoms with Crippen molar-refractivity contribution in [2.24, 2.45) is 4.99 Å². The number of carbonyl (C=O) groups excluding carboxylic acids is 2. The van der Waals surface area contributed by atoms with E-state index in [4.69, 9.17) is 11.6 Å². The number of aliphatic imine (C=N–C) groups is 1. The third kappa shape index (κ3) is 8.29. The number of hydrogen-bond donors (Lipinski definition) is 2. The van der Waals surface area contributed by atoms with Gasteiger partial charge in [-0.25, -0.2) is 9.97 Å². The van der Waals surface area contributed by atoms with Crippen molar-refractivity contribution in [3.8, 4) is 0 Å². The Morgan fingerprint density at radius 2 is 2.00 bits per heavy atom. The Bertz CT molecular complexity index is 1420. The van der Waals surface area contributed by atoms with Crippen molar-refractivity contribution < 1.29 is 22.8 Å². The molecule has 0 aliphatic rings. The molecule has 204 valence electrons. The zero-order valence-corrected chi connectivity index (χ0v) is 22.7. The highest BCUT2D eigenvalue weighted by atomic mass is 35.5. The molecule has 0 spiro atoms. The summed E-state index contributed by atoms with van der Waals surface area (Å²) in [7, 11) is 0. The van der Waals surface area contributed by atoms with Gasteiger partial charge in [-0.05, 0) is 44.5 Å². The maximum Gasteiger partial charge on any atom is 0.418 e. The standard InChI is InChI=1S/C26H24ClF3N6O2S/c1-4-5-9-32-20(17-7-6-8-31-12-17)10-15(2)23(37)35-16(3)25-34-14-21(39-25)24(38)36-22-11-18(26(28,29)30)19(27)13-33-22/h5-14,16H,4H2,1-3H3,(H,35,37)(H,33,36,38)/b9-5+,15-10+,32-20+. The van der Waals surface area contributed by atoms with Crippen LogP contribution in [0.3, 0.4) is 0 Å². The summed E-state index contributed by atoms with van der Waals surface area (Å²) in [5.74, 6) is -1.38. The van der Waals surface area contributed by atoms with Crippen molar-refractivity contribution in [2.45, 2.75) is 39.4 Å². The number of thiazole rings is 1. The topological polar surface area (TPSA) is 109 Å². The number of hydrogen-bond acceptors (Lipinski definition) is 7. The number of anilines is 1. The molecule has 0 radical (unpaired) electrons. The first-order valence-electron chi connectivity index (χ1n) is 11.6. The summed E-state index contributed by atoms with van der Waals surface area (Å²) in [5, 5.41) is 4.98. The molecule has 1 unspecified atom stereocenters. The van der Waals surface area contributed by atoms with Crippen LogP contribution in [0.15, 0.2) is 71.9 Å². The lowest BCUT2D eigenvalue weighted by atomic mass is 10.1. The summed E-state index contributed by atoms with van der Waals surface area (Å²) in [6, 6.07) is 3.70. The molecule has 2 N–H and O–H groups in total. The van der Waals surface area contributed by atoms with Crippen LogP contribution in [0.2, 0.25) is 5.02 Å². The third-order valence-electron chi connectivity index (χ3n) is 5.09. The fraction of sp³-hybridized carbons (Fsp3) is 0.231. The van der Waals surface area contributed by atoms with E-state index in [9.17, 15) is 22.8 Å². The van der Waals surface area contributed by atoms with Gasteiger partial charge in [0.1, 0.15) is 15.7 Å². The average Bonchev–Trinajstić information content (AvgIpc) is 3.40. The van der Waals surface area contributed by atoms with Gasteiger partial charge >= 0.3 is 6.18 Å². The first-order valence-corrected chi connectivity index (χ1v) is 12.8. The number of rotatable bonds is 9. The Labute approximate surface area is 231 Å². The smallest absolute Gasteiger partial charge is 0.343 e. The molecule has 1 atom stereocenters. The summed E-state index contributed by atoms with van der Waals surface area (Å²) in [5.41, 5.74) is 0.577. The Hall–Kier alpha value is -3.90. The van der Waals surface area contributed by atoms with Crippen molar-refractivity contribution in [1.82, 2.24) is 20.3 Å². The Balaban J connectivity index is 1.70. The predicted octanol–water partition coefficient (Wildman–Crippen LogP) is 6.39. The Morgan fingerprint density at radius 3 is 2.67 bits per heavy atom. The van der Waals surface area contributed by atoms with Crippen LogP contribution in [-0.4, -0.2) is 32.5 Å². The maximum atomic E-state index is 13.1. The molecular formula is C26H24ClF3N6O2S. The minimum Gasteiger partial charge on any atom is -0.343 e. The van der Waals surface area contributed by atoms with E-state index in [-0.39, 0.29) is 16.6 Å². The number of carbonyl (C=O) groups is 2. The van der Waals surface area contributed by atoms with E-state index >= 15 is 0 Å². The largest absolute Gasteiger partial charge is 0.418 e. The second kappa shape index (κ2) is 13.3. The summed E-state index contributed by atoms with van der Waals surface area (Å²) >= 11 is 6.55. The minimum absolute atomic E-state index is 0.123. The summed E-state index contributed by atoms with van der Waals surface area (Å²) in [6.07, 6.45) is 6.68.